The Morgan fingerprint density at radius 3 is 2.43 bits per heavy atom. The van der Waals surface area contributed by atoms with Crippen LogP contribution < -0.4 is 0 Å². The van der Waals surface area contributed by atoms with E-state index in [9.17, 15) is 9.59 Å². The number of hydrogen-bond acceptors (Lipinski definition) is 3. The van der Waals surface area contributed by atoms with Gasteiger partial charge in [-0.05, 0) is 0 Å². The van der Waals surface area contributed by atoms with E-state index < -0.39 is 18.6 Å². The Kier molecular flexibility index (Phi) is 5.85. The average molecular weight is 199 g/mol. The molecule has 0 aliphatic heterocycles. The topological polar surface area (TPSA) is 66.8 Å². The van der Waals surface area contributed by atoms with Gasteiger partial charge in [0, 0.05) is 6.54 Å². The number of carbonyl (C=O) groups is 2. The highest BCUT2D eigenvalue weighted by atomic mass is 16.6. The van der Waals surface area contributed by atoms with Crippen LogP contribution in [0.4, 0.5) is 4.79 Å². The van der Waals surface area contributed by atoms with Crippen molar-refractivity contribution in [1.29, 1.82) is 0 Å². The zero-order chi connectivity index (χ0) is 11.0. The molecule has 0 aliphatic rings. The van der Waals surface area contributed by atoms with E-state index in [0.717, 1.165) is 4.90 Å². The average Bonchev–Trinajstić information content (AvgIpc) is 2.13. The number of nitrogens with zero attached hydrogens (tertiary/aromatic N) is 1. The van der Waals surface area contributed by atoms with Crippen molar-refractivity contribution in [3.8, 4) is 0 Å². The van der Waals surface area contributed by atoms with Crippen molar-refractivity contribution in [2.24, 2.45) is 0 Å². The molecule has 0 aromatic heterocycles. The van der Waals surface area contributed by atoms with Gasteiger partial charge in [-0.3, -0.25) is 9.69 Å². The molecule has 0 heterocycles. The number of ether oxygens (including phenoxy) is 1. The highest BCUT2D eigenvalue weighted by Crippen LogP contribution is 1.94. The summed E-state index contributed by atoms with van der Waals surface area (Å²) in [5, 5.41) is 8.48. The van der Waals surface area contributed by atoms with Gasteiger partial charge in [-0.1, -0.05) is 18.7 Å². The third kappa shape index (κ3) is 4.97. The van der Waals surface area contributed by atoms with Crippen LogP contribution in [-0.4, -0.2) is 41.8 Å². The molecule has 1 N–H and O–H groups in total. The molecule has 0 spiro atoms. The van der Waals surface area contributed by atoms with Crippen LogP contribution in [0.2, 0.25) is 0 Å². The van der Waals surface area contributed by atoms with E-state index in [1.54, 1.807) is 0 Å². The Hall–Kier alpha value is -1.78. The summed E-state index contributed by atoms with van der Waals surface area (Å²) in [5.74, 6) is -1.09. The van der Waals surface area contributed by atoms with E-state index in [2.05, 4.69) is 17.9 Å². The maximum atomic E-state index is 11.2. The first kappa shape index (κ1) is 12.2. The lowest BCUT2D eigenvalue weighted by Gasteiger charge is -2.17. The van der Waals surface area contributed by atoms with Crippen molar-refractivity contribution >= 4 is 12.1 Å². The molecule has 1 amide bonds. The molecular weight excluding hydrogens is 186 g/mol. The summed E-state index contributed by atoms with van der Waals surface area (Å²) < 4.78 is 4.66. The van der Waals surface area contributed by atoms with Gasteiger partial charge in [-0.2, -0.15) is 0 Å². The molecule has 0 unspecified atom stereocenters. The molecule has 0 saturated carbocycles. The molecule has 0 atom stereocenters. The summed E-state index contributed by atoms with van der Waals surface area (Å²) in [6, 6.07) is 0. The molecule has 0 saturated heterocycles. The van der Waals surface area contributed by atoms with E-state index in [-0.39, 0.29) is 13.2 Å². The smallest absolute Gasteiger partial charge is 0.410 e. The number of amides is 1. The molecule has 5 nitrogen and oxygen atoms in total. The fourth-order valence-corrected chi connectivity index (χ4v) is 0.744. The quantitative estimate of drug-likeness (QED) is 0.645. The van der Waals surface area contributed by atoms with Crippen LogP contribution in [0, 0.1) is 0 Å². The standard InChI is InChI=1S/C9H13NO4/c1-3-5-10(7-8(11)12)9(13)14-6-4-2/h3-4H,1-2,5-7H2,(H,11,12). The maximum absolute atomic E-state index is 11.2. The van der Waals surface area contributed by atoms with Gasteiger partial charge in [0.15, 0.2) is 0 Å². The van der Waals surface area contributed by atoms with Crippen molar-refractivity contribution in [2.75, 3.05) is 19.7 Å². The van der Waals surface area contributed by atoms with Gasteiger partial charge in [0.25, 0.3) is 0 Å². The van der Waals surface area contributed by atoms with E-state index in [0.29, 0.717) is 0 Å². The van der Waals surface area contributed by atoms with E-state index >= 15 is 0 Å². The number of carboxylic acid groups (broad SMARTS) is 1. The highest BCUT2D eigenvalue weighted by Gasteiger charge is 2.15. The van der Waals surface area contributed by atoms with Crippen molar-refractivity contribution in [2.45, 2.75) is 0 Å². The minimum Gasteiger partial charge on any atom is -0.480 e. The summed E-state index contributed by atoms with van der Waals surface area (Å²) in [7, 11) is 0. The number of carbonyl (C=O) groups excluding carboxylic acids is 1. The predicted molar refractivity (Wildman–Crippen MR) is 51.0 cm³/mol. The Labute approximate surface area is 82.3 Å². The molecule has 0 aromatic carbocycles. The SMILES string of the molecule is C=CCOC(=O)N(CC=C)CC(=O)O. The van der Waals surface area contributed by atoms with Crippen LogP contribution in [0.25, 0.3) is 0 Å². The minimum absolute atomic E-state index is 0.0616. The van der Waals surface area contributed by atoms with Crippen molar-refractivity contribution in [3.63, 3.8) is 0 Å². The summed E-state index contributed by atoms with van der Waals surface area (Å²) in [4.78, 5) is 22.6. The fraction of sp³-hybridized carbons (Fsp3) is 0.333. The zero-order valence-corrected chi connectivity index (χ0v) is 7.81. The van der Waals surface area contributed by atoms with Gasteiger partial charge in [0.2, 0.25) is 0 Å². The third-order valence-corrected chi connectivity index (χ3v) is 1.26. The number of aliphatic carboxylic acids is 1. The number of carboxylic acids is 1. The normalized spacial score (nSPS) is 8.86. The van der Waals surface area contributed by atoms with Crippen molar-refractivity contribution < 1.29 is 19.4 Å². The monoisotopic (exact) mass is 199 g/mol. The molecular formula is C9H13NO4. The molecule has 78 valence electrons. The zero-order valence-electron chi connectivity index (χ0n) is 7.81. The van der Waals surface area contributed by atoms with Gasteiger partial charge in [0.1, 0.15) is 13.2 Å². The summed E-state index contributed by atoms with van der Waals surface area (Å²) in [6.07, 6.45) is 2.15. The summed E-state index contributed by atoms with van der Waals surface area (Å²) >= 11 is 0. The fourth-order valence-electron chi connectivity index (χ4n) is 0.744. The lowest BCUT2D eigenvalue weighted by Crippen LogP contribution is -2.36. The van der Waals surface area contributed by atoms with Crippen LogP contribution in [-0.2, 0) is 9.53 Å². The minimum atomic E-state index is -1.09. The van der Waals surface area contributed by atoms with Gasteiger partial charge in [0.05, 0.1) is 0 Å². The first-order valence-electron chi connectivity index (χ1n) is 3.97. The van der Waals surface area contributed by atoms with E-state index in [4.69, 9.17) is 5.11 Å². The highest BCUT2D eigenvalue weighted by molar-refractivity contribution is 5.76. The number of rotatable bonds is 6. The largest absolute Gasteiger partial charge is 0.480 e. The van der Waals surface area contributed by atoms with E-state index in [1.165, 1.54) is 12.2 Å². The van der Waals surface area contributed by atoms with Crippen molar-refractivity contribution in [1.82, 2.24) is 4.90 Å². The lowest BCUT2D eigenvalue weighted by molar-refractivity contribution is -0.137. The molecule has 0 aliphatic carbocycles. The van der Waals surface area contributed by atoms with Gasteiger partial charge < -0.3 is 9.84 Å². The Bertz CT molecular complexity index is 237. The van der Waals surface area contributed by atoms with Crippen LogP contribution in [0.1, 0.15) is 0 Å². The number of hydrogen-bond donors (Lipinski definition) is 1. The van der Waals surface area contributed by atoms with Crippen LogP contribution in [0.5, 0.6) is 0 Å². The summed E-state index contributed by atoms with van der Waals surface area (Å²) in [6.45, 7) is 6.58. The lowest BCUT2D eigenvalue weighted by atomic mass is 10.5. The first-order valence-corrected chi connectivity index (χ1v) is 3.97. The molecule has 14 heavy (non-hydrogen) atoms. The molecule has 0 rings (SSSR count). The van der Waals surface area contributed by atoms with Crippen LogP contribution in [0.3, 0.4) is 0 Å². The van der Waals surface area contributed by atoms with Gasteiger partial charge >= 0.3 is 12.1 Å². The maximum Gasteiger partial charge on any atom is 0.410 e. The third-order valence-electron chi connectivity index (χ3n) is 1.26. The molecule has 0 bridgehead atoms. The van der Waals surface area contributed by atoms with Gasteiger partial charge in [-0.25, -0.2) is 4.79 Å². The van der Waals surface area contributed by atoms with Crippen LogP contribution in [0.15, 0.2) is 25.3 Å². The second kappa shape index (κ2) is 6.71. The predicted octanol–water partition coefficient (Wildman–Crippen LogP) is 0.882. The summed E-state index contributed by atoms with van der Waals surface area (Å²) in [5.41, 5.74) is 0. The molecule has 5 heteroatoms. The molecule has 0 fully saturated rings. The Balaban J connectivity index is 4.16. The van der Waals surface area contributed by atoms with Crippen molar-refractivity contribution in [3.05, 3.63) is 25.3 Å². The Morgan fingerprint density at radius 1 is 1.36 bits per heavy atom. The van der Waals surface area contributed by atoms with E-state index in [1.807, 2.05) is 0 Å². The van der Waals surface area contributed by atoms with Gasteiger partial charge in [-0.15, -0.1) is 6.58 Å². The molecule has 0 aromatic rings. The second-order valence-electron chi connectivity index (χ2n) is 2.43. The molecule has 0 radical (unpaired) electrons. The second-order valence-corrected chi connectivity index (χ2v) is 2.43. The van der Waals surface area contributed by atoms with Crippen LogP contribution >= 0.6 is 0 Å². The Morgan fingerprint density at radius 2 is 2.00 bits per heavy atom. The first-order chi connectivity index (χ1) is 6.61.